The molecule has 0 aromatic carbocycles. The van der Waals surface area contributed by atoms with Gasteiger partial charge in [0, 0.05) is 6.07 Å². The first kappa shape index (κ1) is 9.95. The van der Waals surface area contributed by atoms with Crippen molar-refractivity contribution in [2.24, 2.45) is 0 Å². The predicted octanol–water partition coefficient (Wildman–Crippen LogP) is 3.38. The first-order chi connectivity index (χ1) is 5.41. The topological polar surface area (TPSA) is 26.0 Å². The summed E-state index contributed by atoms with van der Waals surface area (Å²) in [6.45, 7) is 4.90. The average Bonchev–Trinajstić information content (AvgIpc) is 2.30. The summed E-state index contributed by atoms with van der Waals surface area (Å²) in [4.78, 5) is 0. The minimum absolute atomic E-state index is 0.228. The van der Waals surface area contributed by atoms with E-state index < -0.39 is 5.67 Å². The average molecular weight is 283 g/mol. The molecular weight excluding hydrogens is 272 g/mol. The van der Waals surface area contributed by atoms with E-state index in [0.29, 0.717) is 5.69 Å². The molecular formula is C8H11FINO. The lowest BCUT2D eigenvalue weighted by atomic mass is 10.1. The van der Waals surface area contributed by atoms with E-state index in [0.717, 1.165) is 5.76 Å². The van der Waals surface area contributed by atoms with E-state index in [2.05, 4.69) is 27.7 Å². The summed E-state index contributed by atoms with van der Waals surface area (Å²) in [7, 11) is 0. The Kier molecular flexibility index (Phi) is 2.75. The highest BCUT2D eigenvalue weighted by atomic mass is 127. The van der Waals surface area contributed by atoms with Crippen LogP contribution in [0, 0.1) is 0 Å². The molecule has 0 saturated carbocycles. The third-order valence-corrected chi connectivity index (χ3v) is 2.14. The van der Waals surface area contributed by atoms with Crippen molar-refractivity contribution < 1.29 is 8.91 Å². The van der Waals surface area contributed by atoms with Crippen molar-refractivity contribution in [3.8, 4) is 0 Å². The van der Waals surface area contributed by atoms with Crippen LogP contribution in [0.15, 0.2) is 10.6 Å². The zero-order chi connectivity index (χ0) is 9.35. The first-order valence-electron chi connectivity index (χ1n) is 3.71. The Morgan fingerprint density at radius 3 is 2.50 bits per heavy atom. The van der Waals surface area contributed by atoms with Crippen LogP contribution in [0.4, 0.5) is 4.39 Å². The number of alkyl halides is 2. The quantitative estimate of drug-likeness (QED) is 0.614. The zero-order valence-electron chi connectivity index (χ0n) is 7.27. The van der Waals surface area contributed by atoms with Gasteiger partial charge in [0.2, 0.25) is 0 Å². The van der Waals surface area contributed by atoms with Gasteiger partial charge in [0.15, 0.2) is 5.67 Å². The second-order valence-electron chi connectivity index (χ2n) is 3.20. The van der Waals surface area contributed by atoms with Gasteiger partial charge in [0.05, 0.1) is 3.92 Å². The Hall–Kier alpha value is -0.130. The van der Waals surface area contributed by atoms with Gasteiger partial charge in [-0.15, -0.1) is 0 Å². The summed E-state index contributed by atoms with van der Waals surface area (Å²) < 4.78 is 18.5. The molecule has 0 fully saturated rings. The van der Waals surface area contributed by atoms with E-state index in [1.165, 1.54) is 13.8 Å². The molecule has 0 aliphatic rings. The molecule has 2 nitrogen and oxygen atoms in total. The lowest BCUT2D eigenvalue weighted by molar-refractivity contribution is 0.203. The predicted molar refractivity (Wildman–Crippen MR) is 53.1 cm³/mol. The van der Waals surface area contributed by atoms with Gasteiger partial charge >= 0.3 is 0 Å². The Bertz CT molecular complexity index is 264. The zero-order valence-corrected chi connectivity index (χ0v) is 9.42. The van der Waals surface area contributed by atoms with Crippen molar-refractivity contribution in [3.63, 3.8) is 0 Å². The van der Waals surface area contributed by atoms with Crippen LogP contribution in [0.3, 0.4) is 0 Å². The molecule has 0 amide bonds. The molecule has 0 bridgehead atoms. The van der Waals surface area contributed by atoms with Crippen LogP contribution in [0.5, 0.6) is 0 Å². The molecule has 1 aromatic rings. The minimum Gasteiger partial charge on any atom is -0.360 e. The number of hydrogen-bond acceptors (Lipinski definition) is 2. The van der Waals surface area contributed by atoms with Crippen LogP contribution < -0.4 is 0 Å². The molecule has 1 heterocycles. The molecule has 0 saturated heterocycles. The number of hydrogen-bond donors (Lipinski definition) is 0. The molecule has 4 heteroatoms. The molecule has 68 valence electrons. The van der Waals surface area contributed by atoms with Crippen LogP contribution in [-0.4, -0.2) is 5.16 Å². The molecule has 0 spiro atoms. The number of halogens is 2. The minimum atomic E-state index is -1.41. The first-order valence-corrected chi connectivity index (χ1v) is 4.96. The van der Waals surface area contributed by atoms with Crippen molar-refractivity contribution in [2.75, 3.05) is 0 Å². The van der Waals surface area contributed by atoms with Gasteiger partial charge in [-0.2, -0.15) is 0 Å². The van der Waals surface area contributed by atoms with E-state index in [1.807, 2.05) is 6.92 Å². The number of rotatable bonds is 2. The molecule has 12 heavy (non-hydrogen) atoms. The summed E-state index contributed by atoms with van der Waals surface area (Å²) in [5.41, 5.74) is -1.05. The highest BCUT2D eigenvalue weighted by Crippen LogP contribution is 2.28. The van der Waals surface area contributed by atoms with Crippen molar-refractivity contribution in [2.45, 2.75) is 30.4 Å². The summed E-state index contributed by atoms with van der Waals surface area (Å²) in [5.74, 6) is 0.719. The third kappa shape index (κ3) is 2.18. The highest BCUT2D eigenvalue weighted by Gasteiger charge is 2.24. The molecule has 1 aromatic heterocycles. The monoisotopic (exact) mass is 283 g/mol. The largest absolute Gasteiger partial charge is 0.360 e. The van der Waals surface area contributed by atoms with E-state index in [1.54, 1.807) is 6.07 Å². The summed E-state index contributed by atoms with van der Waals surface area (Å²) in [6.07, 6.45) is 0. The molecule has 0 radical (unpaired) electrons. The van der Waals surface area contributed by atoms with Gasteiger partial charge in [0.1, 0.15) is 11.5 Å². The fraction of sp³-hybridized carbons (Fsp3) is 0.625. The molecule has 1 atom stereocenters. The number of nitrogens with zero attached hydrogens (tertiary/aromatic N) is 1. The van der Waals surface area contributed by atoms with Crippen molar-refractivity contribution in [1.82, 2.24) is 5.16 Å². The highest BCUT2D eigenvalue weighted by molar-refractivity contribution is 14.1. The Morgan fingerprint density at radius 2 is 2.25 bits per heavy atom. The smallest absolute Gasteiger partial charge is 0.150 e. The van der Waals surface area contributed by atoms with Crippen LogP contribution in [0.25, 0.3) is 0 Å². The second-order valence-corrected chi connectivity index (χ2v) is 5.07. The lowest BCUT2D eigenvalue weighted by Crippen LogP contribution is -2.08. The van der Waals surface area contributed by atoms with Crippen LogP contribution in [0.2, 0.25) is 0 Å². The summed E-state index contributed by atoms with van der Waals surface area (Å²) >= 11 is 2.19. The lowest BCUT2D eigenvalue weighted by Gasteiger charge is -2.07. The van der Waals surface area contributed by atoms with Gasteiger partial charge < -0.3 is 4.52 Å². The van der Waals surface area contributed by atoms with Crippen molar-refractivity contribution in [3.05, 3.63) is 17.5 Å². The summed E-state index contributed by atoms with van der Waals surface area (Å²) in [6, 6.07) is 1.66. The normalized spacial score (nSPS) is 14.8. The molecule has 0 aliphatic heterocycles. The van der Waals surface area contributed by atoms with Crippen molar-refractivity contribution in [1.29, 1.82) is 0 Å². The van der Waals surface area contributed by atoms with Gasteiger partial charge in [-0.3, -0.25) is 0 Å². The Labute approximate surface area is 84.6 Å². The van der Waals surface area contributed by atoms with Crippen LogP contribution >= 0.6 is 22.6 Å². The van der Waals surface area contributed by atoms with Gasteiger partial charge in [-0.1, -0.05) is 27.7 Å². The molecule has 1 rings (SSSR count). The van der Waals surface area contributed by atoms with Gasteiger partial charge in [0.25, 0.3) is 0 Å². The van der Waals surface area contributed by atoms with E-state index in [9.17, 15) is 4.39 Å². The van der Waals surface area contributed by atoms with E-state index in [4.69, 9.17) is 4.52 Å². The Morgan fingerprint density at radius 1 is 1.67 bits per heavy atom. The second kappa shape index (κ2) is 3.32. The Balaban J connectivity index is 2.92. The fourth-order valence-corrected chi connectivity index (χ4v) is 1.05. The SMILES string of the molecule is C[C@@H](I)c1cc(C(C)(C)F)no1. The third-order valence-electron chi connectivity index (χ3n) is 1.53. The maximum atomic E-state index is 13.3. The van der Waals surface area contributed by atoms with Gasteiger partial charge in [-0.25, -0.2) is 4.39 Å². The van der Waals surface area contributed by atoms with Crippen LogP contribution in [0.1, 0.15) is 36.2 Å². The fourth-order valence-electron chi connectivity index (χ4n) is 0.757. The summed E-state index contributed by atoms with van der Waals surface area (Å²) in [5, 5.41) is 3.65. The number of aromatic nitrogens is 1. The molecule has 0 aliphatic carbocycles. The van der Waals surface area contributed by atoms with Gasteiger partial charge in [-0.05, 0) is 20.8 Å². The maximum absolute atomic E-state index is 13.3. The van der Waals surface area contributed by atoms with E-state index >= 15 is 0 Å². The van der Waals surface area contributed by atoms with E-state index in [-0.39, 0.29) is 3.92 Å². The molecule has 0 unspecified atom stereocenters. The standard InChI is InChI=1S/C8H11FINO/c1-5(10)6-4-7(11-12-6)8(2,3)9/h4-5H,1-3H3/t5-/m1/s1. The van der Waals surface area contributed by atoms with Crippen molar-refractivity contribution >= 4 is 22.6 Å². The molecule has 0 N–H and O–H groups in total. The maximum Gasteiger partial charge on any atom is 0.150 e. The van der Waals surface area contributed by atoms with Crippen LogP contribution in [-0.2, 0) is 5.67 Å².